The third-order valence-corrected chi connectivity index (χ3v) is 5.12. The molecule has 132 valence electrons. The van der Waals surface area contributed by atoms with Crippen LogP contribution in [0.5, 0.6) is 0 Å². The van der Waals surface area contributed by atoms with Crippen LogP contribution in [0.4, 0.5) is 0 Å². The van der Waals surface area contributed by atoms with E-state index in [0.29, 0.717) is 11.2 Å². The van der Waals surface area contributed by atoms with Gasteiger partial charge in [0.2, 0.25) is 5.91 Å². The molecule has 3 heterocycles. The van der Waals surface area contributed by atoms with Crippen LogP contribution in [0, 0.1) is 0 Å². The highest BCUT2D eigenvalue weighted by molar-refractivity contribution is 7.10. The van der Waals surface area contributed by atoms with Gasteiger partial charge < -0.3 is 9.88 Å². The lowest BCUT2D eigenvalue weighted by atomic mass is 10.2. The molecule has 1 amide bonds. The second kappa shape index (κ2) is 6.67. The van der Waals surface area contributed by atoms with Gasteiger partial charge in [0.05, 0.1) is 12.4 Å². The molecule has 0 aliphatic carbocycles. The molecule has 0 bridgehead atoms. The average molecular weight is 361 g/mol. The minimum absolute atomic E-state index is 0.132. The zero-order chi connectivity index (χ0) is 18.1. The molecule has 3 rings (SSSR count). The molecule has 0 radical (unpaired) electrons. The normalized spacial score (nSPS) is 12.4. The molecule has 0 spiro atoms. The summed E-state index contributed by atoms with van der Waals surface area (Å²) in [6.45, 7) is 1.64. The summed E-state index contributed by atoms with van der Waals surface area (Å²) in [6.07, 6.45) is 2.19. The molecule has 0 saturated heterocycles. The van der Waals surface area contributed by atoms with Crippen molar-refractivity contribution in [3.05, 3.63) is 49.6 Å². The van der Waals surface area contributed by atoms with Crippen molar-refractivity contribution >= 4 is 28.4 Å². The summed E-state index contributed by atoms with van der Waals surface area (Å²) in [5.41, 5.74) is -0.479. The van der Waals surface area contributed by atoms with Crippen LogP contribution in [-0.4, -0.2) is 24.6 Å². The fourth-order valence-electron chi connectivity index (χ4n) is 2.78. The minimum Gasteiger partial charge on any atom is -0.347 e. The number of carbonyl (C=O) groups excluding carboxylic acids is 1. The number of carbonyl (C=O) groups is 1. The molecule has 1 unspecified atom stereocenters. The number of imidazole rings is 1. The minimum atomic E-state index is -0.560. The number of thiophene rings is 1. The first-order chi connectivity index (χ1) is 11.9. The molecule has 0 aliphatic heterocycles. The maximum absolute atomic E-state index is 12.6. The summed E-state index contributed by atoms with van der Waals surface area (Å²) < 4.78 is 3.77. The van der Waals surface area contributed by atoms with Crippen LogP contribution >= 0.6 is 11.3 Å². The van der Waals surface area contributed by atoms with Crippen molar-refractivity contribution < 1.29 is 4.79 Å². The van der Waals surface area contributed by atoms with E-state index in [0.717, 1.165) is 15.9 Å². The van der Waals surface area contributed by atoms with E-state index in [-0.39, 0.29) is 18.5 Å². The van der Waals surface area contributed by atoms with Crippen molar-refractivity contribution in [3.63, 3.8) is 0 Å². The van der Waals surface area contributed by atoms with Crippen LogP contribution in [0.3, 0.4) is 0 Å². The van der Waals surface area contributed by atoms with E-state index in [1.54, 1.807) is 23.0 Å². The van der Waals surface area contributed by atoms with Crippen molar-refractivity contribution in [2.75, 3.05) is 0 Å². The summed E-state index contributed by atoms with van der Waals surface area (Å²) in [7, 11) is 3.21. The Hall–Kier alpha value is -2.68. The summed E-state index contributed by atoms with van der Waals surface area (Å²) in [5.74, 6) is -0.374. The van der Waals surface area contributed by atoms with Gasteiger partial charge in [-0.2, -0.15) is 0 Å². The van der Waals surface area contributed by atoms with Crippen LogP contribution in [0.25, 0.3) is 11.2 Å². The van der Waals surface area contributed by atoms with E-state index in [9.17, 15) is 14.4 Å². The Kier molecular flexibility index (Phi) is 4.58. The number of aromatic nitrogens is 4. The van der Waals surface area contributed by atoms with Gasteiger partial charge in [0, 0.05) is 19.0 Å². The SMILES string of the molecule is CCC(NC(=O)Cn1c(=O)c2c(ncn2C)n(C)c1=O)c1cccs1. The van der Waals surface area contributed by atoms with Gasteiger partial charge >= 0.3 is 5.69 Å². The number of hydrogen-bond donors (Lipinski definition) is 1. The highest BCUT2D eigenvalue weighted by atomic mass is 32.1. The van der Waals surface area contributed by atoms with E-state index in [1.807, 2.05) is 24.4 Å². The van der Waals surface area contributed by atoms with Crippen LogP contribution in [0.2, 0.25) is 0 Å². The van der Waals surface area contributed by atoms with Gasteiger partial charge in [-0.15, -0.1) is 11.3 Å². The Morgan fingerprint density at radius 1 is 1.36 bits per heavy atom. The van der Waals surface area contributed by atoms with Crippen LogP contribution in [0.15, 0.2) is 33.4 Å². The van der Waals surface area contributed by atoms with E-state index in [2.05, 4.69) is 10.3 Å². The van der Waals surface area contributed by atoms with Gasteiger partial charge in [-0.05, 0) is 17.9 Å². The molecule has 3 aromatic rings. The quantitative estimate of drug-likeness (QED) is 0.726. The Morgan fingerprint density at radius 2 is 2.12 bits per heavy atom. The van der Waals surface area contributed by atoms with Gasteiger partial charge in [-0.1, -0.05) is 13.0 Å². The fourth-order valence-corrected chi connectivity index (χ4v) is 3.64. The first-order valence-corrected chi connectivity index (χ1v) is 8.75. The lowest BCUT2D eigenvalue weighted by Crippen LogP contribution is -2.44. The molecule has 8 nitrogen and oxygen atoms in total. The molecular formula is C16H19N5O3S. The molecule has 1 N–H and O–H groups in total. The second-order valence-corrected chi connectivity index (χ2v) is 6.78. The van der Waals surface area contributed by atoms with Gasteiger partial charge in [-0.3, -0.25) is 14.2 Å². The van der Waals surface area contributed by atoms with E-state index >= 15 is 0 Å². The summed E-state index contributed by atoms with van der Waals surface area (Å²) in [5, 5.41) is 4.83. The van der Waals surface area contributed by atoms with Gasteiger partial charge in [0.1, 0.15) is 6.54 Å². The van der Waals surface area contributed by atoms with Crippen LogP contribution in [-0.2, 0) is 25.4 Å². The third kappa shape index (κ3) is 3.02. The molecular weight excluding hydrogens is 342 g/mol. The van der Waals surface area contributed by atoms with Gasteiger partial charge in [0.15, 0.2) is 11.2 Å². The smallest absolute Gasteiger partial charge is 0.332 e. The Balaban J connectivity index is 1.92. The highest BCUT2D eigenvalue weighted by Crippen LogP contribution is 2.21. The molecule has 1 atom stereocenters. The molecule has 0 aliphatic rings. The monoisotopic (exact) mass is 361 g/mol. The highest BCUT2D eigenvalue weighted by Gasteiger charge is 2.19. The standard InChI is InChI=1S/C16H19N5O3S/c1-4-10(11-6-5-7-25-11)18-12(22)8-21-15(23)13-14(17-9-19(13)2)20(3)16(21)24/h5-7,9-10H,4,8H2,1-3H3,(H,18,22). The summed E-state index contributed by atoms with van der Waals surface area (Å²) >= 11 is 1.56. The number of rotatable bonds is 5. The lowest BCUT2D eigenvalue weighted by molar-refractivity contribution is -0.122. The predicted octanol–water partition coefficient (Wildman–Crippen LogP) is 0.763. The Bertz CT molecular complexity index is 1030. The molecule has 9 heteroatoms. The number of nitrogens with zero attached hydrogens (tertiary/aromatic N) is 4. The second-order valence-electron chi connectivity index (χ2n) is 5.80. The summed E-state index contributed by atoms with van der Waals surface area (Å²) in [6, 6.07) is 3.74. The number of nitrogens with one attached hydrogen (secondary N) is 1. The number of fused-ring (bicyclic) bond motifs is 1. The third-order valence-electron chi connectivity index (χ3n) is 4.13. The Morgan fingerprint density at radius 3 is 2.76 bits per heavy atom. The largest absolute Gasteiger partial charge is 0.347 e. The molecule has 25 heavy (non-hydrogen) atoms. The van der Waals surface area contributed by atoms with Crippen molar-refractivity contribution in [1.29, 1.82) is 0 Å². The van der Waals surface area contributed by atoms with E-state index in [1.165, 1.54) is 17.9 Å². The number of amides is 1. The molecule has 0 saturated carbocycles. The maximum Gasteiger partial charge on any atom is 0.332 e. The predicted molar refractivity (Wildman–Crippen MR) is 95.7 cm³/mol. The van der Waals surface area contributed by atoms with E-state index in [4.69, 9.17) is 0 Å². The first-order valence-electron chi connectivity index (χ1n) is 7.87. The number of aryl methyl sites for hydroxylation is 2. The van der Waals surface area contributed by atoms with Crippen LogP contribution in [0.1, 0.15) is 24.3 Å². The average Bonchev–Trinajstić information content (AvgIpc) is 3.24. The lowest BCUT2D eigenvalue weighted by Gasteiger charge is -2.16. The fraction of sp³-hybridized carbons (Fsp3) is 0.375. The Labute approximate surface area is 147 Å². The van der Waals surface area contributed by atoms with Gasteiger partial charge in [-0.25, -0.2) is 14.3 Å². The molecule has 0 aromatic carbocycles. The maximum atomic E-state index is 12.6. The zero-order valence-electron chi connectivity index (χ0n) is 14.2. The van der Waals surface area contributed by atoms with E-state index < -0.39 is 11.2 Å². The van der Waals surface area contributed by atoms with Crippen molar-refractivity contribution in [2.24, 2.45) is 14.1 Å². The van der Waals surface area contributed by atoms with Crippen molar-refractivity contribution in [1.82, 2.24) is 24.0 Å². The van der Waals surface area contributed by atoms with Gasteiger partial charge in [0.25, 0.3) is 5.56 Å². The molecule has 3 aromatic heterocycles. The first kappa shape index (κ1) is 17.2. The topological polar surface area (TPSA) is 90.9 Å². The van der Waals surface area contributed by atoms with Crippen LogP contribution < -0.4 is 16.6 Å². The molecule has 0 fully saturated rings. The summed E-state index contributed by atoms with van der Waals surface area (Å²) in [4.78, 5) is 42.6. The van der Waals surface area contributed by atoms with Crippen molar-refractivity contribution in [3.8, 4) is 0 Å². The van der Waals surface area contributed by atoms with Crippen molar-refractivity contribution in [2.45, 2.75) is 25.9 Å². The zero-order valence-corrected chi connectivity index (χ0v) is 15.0. The number of hydrogen-bond acceptors (Lipinski definition) is 5.